The van der Waals surface area contributed by atoms with Crippen LogP contribution in [0, 0.1) is 5.82 Å². The summed E-state index contributed by atoms with van der Waals surface area (Å²) in [4.78, 5) is 14.5. The maximum atomic E-state index is 12.7. The Morgan fingerprint density at radius 1 is 1.32 bits per heavy atom. The van der Waals surface area contributed by atoms with E-state index in [1.807, 2.05) is 0 Å². The smallest absolute Gasteiger partial charge is 0.372 e. The van der Waals surface area contributed by atoms with Crippen molar-refractivity contribution >= 4 is 17.1 Å². The fourth-order valence-corrected chi connectivity index (χ4v) is 2.43. The summed E-state index contributed by atoms with van der Waals surface area (Å²) < 4.78 is 17.8. The van der Waals surface area contributed by atoms with Crippen molar-refractivity contribution in [3.8, 4) is 0 Å². The minimum absolute atomic E-state index is 0.309. The van der Waals surface area contributed by atoms with Crippen LogP contribution in [-0.2, 0) is 4.74 Å². The quantitative estimate of drug-likeness (QED) is 0.676. The van der Waals surface area contributed by atoms with Crippen molar-refractivity contribution in [3.05, 3.63) is 30.1 Å². The molecule has 0 atom stereocenters. The first-order valence-electron chi connectivity index (χ1n) is 6.27. The van der Waals surface area contributed by atoms with Gasteiger partial charge in [0, 0.05) is 37.6 Å². The largest absolute Gasteiger partial charge is 0.456 e. The van der Waals surface area contributed by atoms with Gasteiger partial charge < -0.3 is 10.1 Å². The van der Waals surface area contributed by atoms with Gasteiger partial charge in [-0.25, -0.2) is 9.18 Å². The van der Waals surface area contributed by atoms with Gasteiger partial charge in [-0.1, -0.05) is 0 Å². The SMILES string of the molecule is O=C(OCCN1CCNCC1)Sc1ccc(F)cc1. The number of thioether (sulfide) groups is 1. The summed E-state index contributed by atoms with van der Waals surface area (Å²) in [5.41, 5.74) is 0. The summed E-state index contributed by atoms with van der Waals surface area (Å²) in [7, 11) is 0. The second kappa shape index (κ2) is 7.47. The molecule has 0 spiro atoms. The average Bonchev–Trinajstić information content (AvgIpc) is 2.43. The Morgan fingerprint density at radius 3 is 2.68 bits per heavy atom. The molecule has 0 aliphatic carbocycles. The Morgan fingerprint density at radius 2 is 2.00 bits per heavy atom. The number of benzene rings is 1. The van der Waals surface area contributed by atoms with Crippen molar-refractivity contribution in [2.45, 2.75) is 4.90 Å². The molecule has 0 saturated carbocycles. The van der Waals surface area contributed by atoms with Gasteiger partial charge in [0.05, 0.1) is 0 Å². The summed E-state index contributed by atoms with van der Waals surface area (Å²) in [6, 6.07) is 5.79. The molecular formula is C13H17FN2O2S. The van der Waals surface area contributed by atoms with Gasteiger partial charge in [0.15, 0.2) is 0 Å². The normalized spacial score (nSPS) is 16.3. The minimum atomic E-state index is -0.346. The molecule has 1 saturated heterocycles. The van der Waals surface area contributed by atoms with E-state index in [0.29, 0.717) is 11.5 Å². The first-order valence-corrected chi connectivity index (χ1v) is 7.09. The zero-order valence-corrected chi connectivity index (χ0v) is 11.4. The van der Waals surface area contributed by atoms with Crippen molar-refractivity contribution in [2.75, 3.05) is 39.3 Å². The maximum Gasteiger partial charge on any atom is 0.372 e. The molecule has 1 N–H and O–H groups in total. The lowest BCUT2D eigenvalue weighted by Gasteiger charge is -2.26. The van der Waals surface area contributed by atoms with Gasteiger partial charge in [-0.2, -0.15) is 0 Å². The van der Waals surface area contributed by atoms with Crippen LogP contribution in [0.3, 0.4) is 0 Å². The molecule has 104 valence electrons. The Kier molecular flexibility index (Phi) is 5.62. The Labute approximate surface area is 116 Å². The highest BCUT2D eigenvalue weighted by atomic mass is 32.2. The van der Waals surface area contributed by atoms with E-state index >= 15 is 0 Å². The molecule has 6 heteroatoms. The zero-order valence-electron chi connectivity index (χ0n) is 10.6. The van der Waals surface area contributed by atoms with E-state index in [1.165, 1.54) is 12.1 Å². The molecule has 1 fully saturated rings. The number of nitrogens with one attached hydrogen (secondary N) is 1. The molecule has 1 aliphatic heterocycles. The molecular weight excluding hydrogens is 267 g/mol. The number of halogens is 1. The Hall–Kier alpha value is -1.11. The number of ether oxygens (including phenoxy) is 1. The van der Waals surface area contributed by atoms with Gasteiger partial charge >= 0.3 is 5.30 Å². The van der Waals surface area contributed by atoms with Crippen LogP contribution >= 0.6 is 11.8 Å². The minimum Gasteiger partial charge on any atom is -0.456 e. The van der Waals surface area contributed by atoms with Crippen molar-refractivity contribution in [1.82, 2.24) is 10.2 Å². The van der Waals surface area contributed by atoms with Gasteiger partial charge in [-0.3, -0.25) is 4.90 Å². The van der Waals surface area contributed by atoms with Crippen molar-refractivity contribution in [1.29, 1.82) is 0 Å². The lowest BCUT2D eigenvalue weighted by molar-refractivity contribution is 0.144. The number of piperazine rings is 1. The van der Waals surface area contributed by atoms with E-state index in [2.05, 4.69) is 10.2 Å². The molecule has 1 aromatic carbocycles. The fraction of sp³-hybridized carbons (Fsp3) is 0.462. The summed E-state index contributed by atoms with van der Waals surface area (Å²) in [5.74, 6) is -0.309. The van der Waals surface area contributed by atoms with Gasteiger partial charge in [-0.05, 0) is 36.0 Å². The number of carbonyl (C=O) groups is 1. The van der Waals surface area contributed by atoms with Crippen LogP contribution in [-0.4, -0.2) is 49.5 Å². The van der Waals surface area contributed by atoms with E-state index in [0.717, 1.165) is 44.5 Å². The molecule has 0 aromatic heterocycles. The maximum absolute atomic E-state index is 12.7. The second-order valence-electron chi connectivity index (χ2n) is 4.25. The van der Waals surface area contributed by atoms with Crippen LogP contribution in [0.4, 0.5) is 9.18 Å². The van der Waals surface area contributed by atoms with Crippen LogP contribution < -0.4 is 5.32 Å². The topological polar surface area (TPSA) is 41.6 Å². The van der Waals surface area contributed by atoms with Crippen LogP contribution in [0.1, 0.15) is 0 Å². The lowest BCUT2D eigenvalue weighted by atomic mass is 10.4. The second-order valence-corrected chi connectivity index (χ2v) is 5.25. The summed E-state index contributed by atoms with van der Waals surface area (Å²) in [6.07, 6.45) is 0. The van der Waals surface area contributed by atoms with Crippen molar-refractivity contribution < 1.29 is 13.9 Å². The predicted octanol–water partition coefficient (Wildman–Crippen LogP) is 1.96. The first-order chi connectivity index (χ1) is 9.24. The highest BCUT2D eigenvalue weighted by Gasteiger charge is 2.11. The van der Waals surface area contributed by atoms with E-state index in [1.54, 1.807) is 12.1 Å². The van der Waals surface area contributed by atoms with Crippen LogP contribution in [0.25, 0.3) is 0 Å². The summed E-state index contributed by atoms with van der Waals surface area (Å²) in [6.45, 7) is 5.10. The molecule has 1 heterocycles. The first kappa shape index (κ1) is 14.3. The molecule has 0 radical (unpaired) electrons. The highest BCUT2D eigenvalue weighted by Crippen LogP contribution is 2.20. The fourth-order valence-electron chi connectivity index (χ4n) is 1.82. The molecule has 0 unspecified atom stereocenters. The number of nitrogens with zero attached hydrogens (tertiary/aromatic N) is 1. The van der Waals surface area contributed by atoms with Gasteiger partial charge in [0.1, 0.15) is 12.4 Å². The molecule has 1 aromatic rings. The van der Waals surface area contributed by atoms with Gasteiger partial charge in [0.2, 0.25) is 0 Å². The number of hydrogen-bond acceptors (Lipinski definition) is 5. The van der Waals surface area contributed by atoms with E-state index in [-0.39, 0.29) is 11.1 Å². The molecule has 2 rings (SSSR count). The third-order valence-corrected chi connectivity index (χ3v) is 3.64. The van der Waals surface area contributed by atoms with E-state index in [9.17, 15) is 9.18 Å². The van der Waals surface area contributed by atoms with Crippen LogP contribution in [0.5, 0.6) is 0 Å². The molecule has 0 amide bonds. The zero-order chi connectivity index (χ0) is 13.5. The van der Waals surface area contributed by atoms with E-state index in [4.69, 9.17) is 4.74 Å². The molecule has 4 nitrogen and oxygen atoms in total. The summed E-state index contributed by atoms with van der Waals surface area (Å²) >= 11 is 0.980. The van der Waals surface area contributed by atoms with E-state index < -0.39 is 0 Å². The molecule has 1 aliphatic rings. The standard InChI is InChI=1S/C13H17FN2O2S/c14-11-1-3-12(4-2-11)19-13(17)18-10-9-16-7-5-15-6-8-16/h1-4,15H,5-10H2. The monoisotopic (exact) mass is 284 g/mol. The average molecular weight is 284 g/mol. The molecule has 19 heavy (non-hydrogen) atoms. The van der Waals surface area contributed by atoms with Crippen LogP contribution in [0.2, 0.25) is 0 Å². The predicted molar refractivity (Wildman–Crippen MR) is 72.9 cm³/mol. The van der Waals surface area contributed by atoms with Gasteiger partial charge in [0.25, 0.3) is 0 Å². The van der Waals surface area contributed by atoms with Crippen molar-refractivity contribution in [2.24, 2.45) is 0 Å². The molecule has 0 bridgehead atoms. The number of hydrogen-bond donors (Lipinski definition) is 1. The Bertz CT molecular complexity index is 408. The third kappa shape index (κ3) is 5.18. The van der Waals surface area contributed by atoms with Gasteiger partial charge in [-0.15, -0.1) is 0 Å². The number of rotatable bonds is 4. The van der Waals surface area contributed by atoms with Crippen LogP contribution in [0.15, 0.2) is 29.2 Å². The highest BCUT2D eigenvalue weighted by molar-refractivity contribution is 8.13. The van der Waals surface area contributed by atoms with Crippen molar-refractivity contribution in [3.63, 3.8) is 0 Å². The Balaban J connectivity index is 1.65. The third-order valence-electron chi connectivity index (χ3n) is 2.85. The lowest BCUT2D eigenvalue weighted by Crippen LogP contribution is -2.44. The summed E-state index contributed by atoms with van der Waals surface area (Å²) in [5, 5.41) is 2.92. The number of carbonyl (C=O) groups excluding carboxylic acids is 1.